The van der Waals surface area contributed by atoms with Crippen LogP contribution in [0.25, 0.3) is 0 Å². The fraction of sp³-hybridized carbons (Fsp3) is 0.364. The number of benzene rings is 1. The summed E-state index contributed by atoms with van der Waals surface area (Å²) >= 11 is 1.38. The molecule has 0 saturated heterocycles. The monoisotopic (exact) mass is 270 g/mol. The molecule has 1 aromatic rings. The largest absolute Gasteiger partial charge is 0.396 e. The number of hydrogen-bond donors (Lipinski definition) is 2. The zero-order chi connectivity index (χ0) is 13.4. The Morgan fingerprint density at radius 2 is 2.17 bits per heavy atom. The lowest BCUT2D eigenvalue weighted by molar-refractivity contribution is -0.383. The lowest BCUT2D eigenvalue weighted by Gasteiger charge is -2.05. The Kier molecular flexibility index (Phi) is 6.16. The Hall–Kier alpha value is -1.60. The molecule has 0 saturated carbocycles. The van der Waals surface area contributed by atoms with Crippen molar-refractivity contribution >= 4 is 29.0 Å². The van der Waals surface area contributed by atoms with Gasteiger partial charge in [0.15, 0.2) is 0 Å². The minimum absolute atomic E-state index is 0.0960. The number of nitrogens with zero attached hydrogens (tertiary/aromatic N) is 1. The van der Waals surface area contributed by atoms with Crippen LogP contribution in [0.1, 0.15) is 6.42 Å². The van der Waals surface area contributed by atoms with Gasteiger partial charge in [-0.2, -0.15) is 11.8 Å². The normalized spacial score (nSPS) is 10.1. The summed E-state index contributed by atoms with van der Waals surface area (Å²) in [6.07, 6.45) is 0.628. The van der Waals surface area contributed by atoms with E-state index in [0.29, 0.717) is 12.2 Å². The molecule has 1 amide bonds. The molecule has 1 aromatic carbocycles. The van der Waals surface area contributed by atoms with Gasteiger partial charge in [-0.3, -0.25) is 14.9 Å². The lowest BCUT2D eigenvalue weighted by Crippen LogP contribution is -2.15. The number of aliphatic hydroxyl groups excluding tert-OH is 1. The molecule has 0 aliphatic carbocycles. The van der Waals surface area contributed by atoms with Crippen LogP contribution in [0.15, 0.2) is 24.3 Å². The third kappa shape index (κ3) is 4.72. The molecule has 18 heavy (non-hydrogen) atoms. The van der Waals surface area contributed by atoms with Gasteiger partial charge in [0.2, 0.25) is 5.91 Å². The van der Waals surface area contributed by atoms with E-state index in [2.05, 4.69) is 5.32 Å². The molecule has 0 aliphatic heterocycles. The molecule has 0 aromatic heterocycles. The Balaban J connectivity index is 2.51. The molecule has 0 aliphatic rings. The molecule has 7 heteroatoms. The maximum atomic E-state index is 11.5. The summed E-state index contributed by atoms with van der Waals surface area (Å²) in [4.78, 5) is 21.7. The third-order valence-corrected chi connectivity index (χ3v) is 3.10. The van der Waals surface area contributed by atoms with Crippen LogP contribution in [-0.4, -0.2) is 34.0 Å². The summed E-state index contributed by atoms with van der Waals surface area (Å²) in [6, 6.07) is 6.01. The van der Waals surface area contributed by atoms with Gasteiger partial charge in [-0.15, -0.1) is 0 Å². The Bertz CT molecular complexity index is 425. The maximum Gasteiger partial charge on any atom is 0.292 e. The van der Waals surface area contributed by atoms with Crippen molar-refractivity contribution in [1.29, 1.82) is 0 Å². The molecular weight excluding hydrogens is 256 g/mol. The van der Waals surface area contributed by atoms with Crippen LogP contribution in [0.4, 0.5) is 11.4 Å². The number of carbonyl (C=O) groups excluding carboxylic acids is 1. The topological polar surface area (TPSA) is 92.5 Å². The number of rotatable bonds is 7. The van der Waals surface area contributed by atoms with Crippen LogP contribution in [0.5, 0.6) is 0 Å². The zero-order valence-corrected chi connectivity index (χ0v) is 10.5. The van der Waals surface area contributed by atoms with Crippen LogP contribution in [0, 0.1) is 10.1 Å². The van der Waals surface area contributed by atoms with Crippen molar-refractivity contribution in [2.45, 2.75) is 6.42 Å². The third-order valence-electron chi connectivity index (χ3n) is 2.05. The Morgan fingerprint density at radius 1 is 1.44 bits per heavy atom. The first-order valence-corrected chi connectivity index (χ1v) is 6.52. The molecule has 0 spiro atoms. The summed E-state index contributed by atoms with van der Waals surface area (Å²) in [7, 11) is 0. The molecule has 0 fully saturated rings. The van der Waals surface area contributed by atoms with Crippen LogP contribution in [0.3, 0.4) is 0 Å². The molecule has 2 N–H and O–H groups in total. The average Bonchev–Trinajstić information content (AvgIpc) is 2.35. The van der Waals surface area contributed by atoms with E-state index < -0.39 is 4.92 Å². The van der Waals surface area contributed by atoms with E-state index in [1.54, 1.807) is 12.1 Å². The second-order valence-electron chi connectivity index (χ2n) is 3.45. The van der Waals surface area contributed by atoms with E-state index in [1.165, 1.54) is 23.9 Å². The molecule has 0 heterocycles. The number of para-hydroxylation sites is 2. The van der Waals surface area contributed by atoms with E-state index in [1.807, 2.05) is 0 Å². The summed E-state index contributed by atoms with van der Waals surface area (Å²) in [6.45, 7) is 0.0960. The number of hydrogen-bond acceptors (Lipinski definition) is 5. The quantitative estimate of drug-likeness (QED) is 0.446. The van der Waals surface area contributed by atoms with Gasteiger partial charge in [0.1, 0.15) is 5.69 Å². The van der Waals surface area contributed by atoms with Crippen LogP contribution in [-0.2, 0) is 4.79 Å². The number of nitro groups is 1. The minimum atomic E-state index is -0.533. The lowest BCUT2D eigenvalue weighted by atomic mass is 10.2. The van der Waals surface area contributed by atoms with Gasteiger partial charge in [-0.05, 0) is 18.2 Å². The number of nitro benzene ring substituents is 1. The number of nitrogens with one attached hydrogen (secondary N) is 1. The number of aliphatic hydroxyl groups is 1. The first kappa shape index (κ1) is 14.5. The predicted octanol–water partition coefficient (Wildman–Crippen LogP) is 1.65. The highest BCUT2D eigenvalue weighted by atomic mass is 32.2. The molecule has 6 nitrogen and oxygen atoms in total. The fourth-order valence-electron chi connectivity index (χ4n) is 1.26. The smallest absolute Gasteiger partial charge is 0.292 e. The van der Waals surface area contributed by atoms with Crippen LogP contribution >= 0.6 is 11.8 Å². The summed E-state index contributed by atoms with van der Waals surface area (Å²) < 4.78 is 0. The van der Waals surface area contributed by atoms with Gasteiger partial charge in [0, 0.05) is 12.7 Å². The number of amides is 1. The van der Waals surface area contributed by atoms with Crippen molar-refractivity contribution in [2.75, 3.05) is 23.4 Å². The van der Waals surface area contributed by atoms with Gasteiger partial charge in [-0.1, -0.05) is 12.1 Å². The molecule has 98 valence electrons. The molecule has 0 unspecified atom stereocenters. The van der Waals surface area contributed by atoms with Crippen molar-refractivity contribution in [2.24, 2.45) is 0 Å². The highest BCUT2D eigenvalue weighted by Crippen LogP contribution is 2.23. The van der Waals surface area contributed by atoms with Gasteiger partial charge in [0.25, 0.3) is 5.69 Å². The first-order valence-electron chi connectivity index (χ1n) is 5.37. The summed E-state index contributed by atoms with van der Waals surface area (Å²) in [5, 5.41) is 21.8. The van der Waals surface area contributed by atoms with Gasteiger partial charge in [-0.25, -0.2) is 0 Å². The van der Waals surface area contributed by atoms with Crippen molar-refractivity contribution < 1.29 is 14.8 Å². The van der Waals surface area contributed by atoms with Gasteiger partial charge in [0.05, 0.1) is 10.7 Å². The maximum absolute atomic E-state index is 11.5. The highest BCUT2D eigenvalue weighted by Gasteiger charge is 2.14. The first-order chi connectivity index (χ1) is 8.65. The standard InChI is InChI=1S/C11H14N2O4S/c14-6-3-7-18-8-11(15)12-9-4-1-2-5-10(9)13(16)17/h1-2,4-5,14H,3,6-8H2,(H,12,15). The van der Waals surface area contributed by atoms with Crippen molar-refractivity contribution in [3.8, 4) is 0 Å². The number of thioether (sulfide) groups is 1. The number of carbonyl (C=O) groups is 1. The van der Waals surface area contributed by atoms with Crippen LogP contribution in [0.2, 0.25) is 0 Å². The second kappa shape index (κ2) is 7.67. The minimum Gasteiger partial charge on any atom is -0.396 e. The van der Waals surface area contributed by atoms with Gasteiger partial charge < -0.3 is 10.4 Å². The Labute approximate surface area is 109 Å². The van der Waals surface area contributed by atoms with E-state index >= 15 is 0 Å². The van der Waals surface area contributed by atoms with E-state index in [-0.39, 0.29) is 29.6 Å². The van der Waals surface area contributed by atoms with Crippen molar-refractivity contribution in [3.63, 3.8) is 0 Å². The van der Waals surface area contributed by atoms with Crippen molar-refractivity contribution in [3.05, 3.63) is 34.4 Å². The average molecular weight is 270 g/mol. The van der Waals surface area contributed by atoms with Crippen molar-refractivity contribution in [1.82, 2.24) is 0 Å². The van der Waals surface area contributed by atoms with Crippen LogP contribution < -0.4 is 5.32 Å². The molecular formula is C11H14N2O4S. The van der Waals surface area contributed by atoms with E-state index in [0.717, 1.165) is 0 Å². The van der Waals surface area contributed by atoms with E-state index in [4.69, 9.17) is 5.11 Å². The predicted molar refractivity (Wildman–Crippen MR) is 70.8 cm³/mol. The van der Waals surface area contributed by atoms with Gasteiger partial charge >= 0.3 is 0 Å². The highest BCUT2D eigenvalue weighted by molar-refractivity contribution is 7.99. The van der Waals surface area contributed by atoms with E-state index in [9.17, 15) is 14.9 Å². The second-order valence-corrected chi connectivity index (χ2v) is 4.56. The number of anilines is 1. The fourth-order valence-corrected chi connectivity index (χ4v) is 1.99. The molecule has 0 atom stereocenters. The molecule has 1 rings (SSSR count). The molecule has 0 radical (unpaired) electrons. The zero-order valence-electron chi connectivity index (χ0n) is 9.67. The summed E-state index contributed by atoms with van der Waals surface area (Å²) in [5.74, 6) is 0.611. The Morgan fingerprint density at radius 3 is 2.83 bits per heavy atom. The SMILES string of the molecule is O=C(CSCCCO)Nc1ccccc1[N+](=O)[O-]. The summed E-state index contributed by atoms with van der Waals surface area (Å²) in [5.41, 5.74) is 0.0847. The molecule has 0 bridgehead atoms.